The predicted molar refractivity (Wildman–Crippen MR) is 92.9 cm³/mol. The molecule has 6 nitrogen and oxygen atoms in total. The Labute approximate surface area is 143 Å². The second kappa shape index (κ2) is 7.94. The second-order valence-electron chi connectivity index (χ2n) is 4.98. The molecule has 0 fully saturated rings. The molecular formula is C15H17ClN4O2S. The monoisotopic (exact) mass is 352 g/mol. The molecule has 122 valence electrons. The van der Waals surface area contributed by atoms with E-state index in [0.29, 0.717) is 23.7 Å². The van der Waals surface area contributed by atoms with E-state index >= 15 is 0 Å². The molecular weight excluding hydrogens is 336 g/mol. The Morgan fingerprint density at radius 2 is 2.00 bits per heavy atom. The fourth-order valence-corrected chi connectivity index (χ4v) is 2.87. The van der Waals surface area contributed by atoms with Gasteiger partial charge < -0.3 is 16.4 Å². The Balaban J connectivity index is 1.78. The third-order valence-corrected chi connectivity index (χ3v) is 4.52. The quantitative estimate of drug-likeness (QED) is 0.713. The van der Waals surface area contributed by atoms with Gasteiger partial charge in [0.15, 0.2) is 0 Å². The average molecular weight is 353 g/mol. The summed E-state index contributed by atoms with van der Waals surface area (Å²) in [4.78, 5) is 22.7. The van der Waals surface area contributed by atoms with E-state index in [-0.39, 0.29) is 18.2 Å². The first-order valence-corrected chi connectivity index (χ1v) is 8.13. The SMILES string of the molecule is Cc1nsc(NCCC(=O)Nc2ccc(CC(N)=O)cc2)c1Cl. The molecule has 4 N–H and O–H groups in total. The van der Waals surface area contributed by atoms with Crippen LogP contribution in [-0.4, -0.2) is 22.7 Å². The zero-order chi connectivity index (χ0) is 16.8. The molecule has 0 radical (unpaired) electrons. The van der Waals surface area contributed by atoms with Gasteiger partial charge in [0.25, 0.3) is 0 Å². The summed E-state index contributed by atoms with van der Waals surface area (Å²) in [5.74, 6) is -0.498. The van der Waals surface area contributed by atoms with Crippen LogP contribution in [-0.2, 0) is 16.0 Å². The van der Waals surface area contributed by atoms with Crippen molar-refractivity contribution in [1.29, 1.82) is 0 Å². The maximum Gasteiger partial charge on any atom is 0.226 e. The maximum atomic E-state index is 11.9. The van der Waals surface area contributed by atoms with Crippen molar-refractivity contribution < 1.29 is 9.59 Å². The van der Waals surface area contributed by atoms with E-state index in [1.807, 2.05) is 6.92 Å². The Morgan fingerprint density at radius 1 is 1.30 bits per heavy atom. The summed E-state index contributed by atoms with van der Waals surface area (Å²) in [6, 6.07) is 7.01. The van der Waals surface area contributed by atoms with Gasteiger partial charge in [-0.2, -0.15) is 4.37 Å². The number of primary amides is 1. The topological polar surface area (TPSA) is 97.1 Å². The van der Waals surface area contributed by atoms with Crippen LogP contribution in [0.4, 0.5) is 10.7 Å². The standard InChI is InChI=1S/C15H17ClN4O2S/c1-9-14(16)15(23-20-9)18-7-6-13(22)19-11-4-2-10(3-5-11)8-12(17)21/h2-5,18H,6-8H2,1H3,(H2,17,21)(H,19,22). The lowest BCUT2D eigenvalue weighted by Gasteiger charge is -2.07. The third-order valence-electron chi connectivity index (χ3n) is 3.04. The minimum atomic E-state index is -0.384. The van der Waals surface area contributed by atoms with Gasteiger partial charge in [0.2, 0.25) is 11.8 Å². The molecule has 2 amide bonds. The number of anilines is 2. The van der Waals surface area contributed by atoms with E-state index in [9.17, 15) is 9.59 Å². The number of halogens is 1. The van der Waals surface area contributed by atoms with Crippen LogP contribution in [0.1, 0.15) is 17.7 Å². The number of hydrogen-bond acceptors (Lipinski definition) is 5. The zero-order valence-electron chi connectivity index (χ0n) is 12.6. The molecule has 2 rings (SSSR count). The number of nitrogens with one attached hydrogen (secondary N) is 2. The van der Waals surface area contributed by atoms with Crippen molar-refractivity contribution in [3.63, 3.8) is 0 Å². The Morgan fingerprint density at radius 3 is 2.57 bits per heavy atom. The van der Waals surface area contributed by atoms with Gasteiger partial charge in [0.1, 0.15) is 5.00 Å². The lowest BCUT2D eigenvalue weighted by molar-refractivity contribution is -0.117. The number of carbonyl (C=O) groups is 2. The molecule has 1 aromatic carbocycles. The number of amides is 2. The summed E-state index contributed by atoms with van der Waals surface area (Å²) < 4.78 is 4.12. The molecule has 0 unspecified atom stereocenters. The van der Waals surface area contributed by atoms with Gasteiger partial charge in [0.05, 0.1) is 17.1 Å². The van der Waals surface area contributed by atoms with Crippen LogP contribution < -0.4 is 16.4 Å². The zero-order valence-corrected chi connectivity index (χ0v) is 14.1. The van der Waals surface area contributed by atoms with Gasteiger partial charge in [-0.3, -0.25) is 9.59 Å². The largest absolute Gasteiger partial charge is 0.374 e. The molecule has 8 heteroatoms. The van der Waals surface area contributed by atoms with Crippen molar-refractivity contribution in [3.8, 4) is 0 Å². The van der Waals surface area contributed by atoms with Gasteiger partial charge in [-0.15, -0.1) is 0 Å². The fourth-order valence-electron chi connectivity index (χ4n) is 1.89. The maximum absolute atomic E-state index is 11.9. The normalized spacial score (nSPS) is 10.3. The molecule has 0 saturated heterocycles. The van der Waals surface area contributed by atoms with Crippen LogP contribution in [0.3, 0.4) is 0 Å². The summed E-state index contributed by atoms with van der Waals surface area (Å²) in [6.45, 7) is 2.30. The van der Waals surface area contributed by atoms with Crippen molar-refractivity contribution in [2.24, 2.45) is 5.73 Å². The number of aryl methyl sites for hydroxylation is 1. The smallest absolute Gasteiger partial charge is 0.226 e. The summed E-state index contributed by atoms with van der Waals surface area (Å²) in [5, 5.41) is 7.25. The van der Waals surface area contributed by atoms with Gasteiger partial charge in [0, 0.05) is 18.7 Å². The molecule has 0 spiro atoms. The van der Waals surface area contributed by atoms with Crippen LogP contribution in [0.15, 0.2) is 24.3 Å². The molecule has 1 aromatic heterocycles. The third kappa shape index (κ3) is 5.22. The molecule has 0 saturated carbocycles. The first-order valence-electron chi connectivity index (χ1n) is 6.98. The fraction of sp³-hybridized carbons (Fsp3) is 0.267. The highest BCUT2D eigenvalue weighted by Gasteiger charge is 2.08. The molecule has 2 aromatic rings. The predicted octanol–water partition coefficient (Wildman–Crippen LogP) is 2.57. The molecule has 0 bridgehead atoms. The van der Waals surface area contributed by atoms with Crippen molar-refractivity contribution in [2.75, 3.05) is 17.2 Å². The summed E-state index contributed by atoms with van der Waals surface area (Å²) >= 11 is 7.33. The van der Waals surface area contributed by atoms with Crippen LogP contribution >= 0.6 is 23.1 Å². The number of rotatable bonds is 7. The van der Waals surface area contributed by atoms with E-state index < -0.39 is 0 Å². The molecule has 0 aliphatic carbocycles. The van der Waals surface area contributed by atoms with E-state index in [0.717, 1.165) is 16.3 Å². The molecule has 0 aliphatic heterocycles. The van der Waals surface area contributed by atoms with E-state index in [1.165, 1.54) is 11.5 Å². The van der Waals surface area contributed by atoms with Crippen LogP contribution in [0.25, 0.3) is 0 Å². The van der Waals surface area contributed by atoms with Crippen molar-refractivity contribution in [3.05, 3.63) is 40.5 Å². The van der Waals surface area contributed by atoms with E-state index in [2.05, 4.69) is 15.0 Å². The summed E-state index contributed by atoms with van der Waals surface area (Å²) in [6.07, 6.45) is 0.490. The number of nitrogens with zero attached hydrogens (tertiary/aromatic N) is 1. The summed E-state index contributed by atoms with van der Waals surface area (Å²) in [7, 11) is 0. The Bertz CT molecular complexity index is 700. The minimum absolute atomic E-state index is 0.113. The van der Waals surface area contributed by atoms with Gasteiger partial charge >= 0.3 is 0 Å². The van der Waals surface area contributed by atoms with Crippen LogP contribution in [0.5, 0.6) is 0 Å². The van der Waals surface area contributed by atoms with Crippen molar-refractivity contribution in [1.82, 2.24) is 4.37 Å². The van der Waals surface area contributed by atoms with Gasteiger partial charge in [-0.1, -0.05) is 23.7 Å². The second-order valence-corrected chi connectivity index (χ2v) is 6.13. The first kappa shape index (κ1) is 17.2. The van der Waals surface area contributed by atoms with Crippen molar-refractivity contribution in [2.45, 2.75) is 19.8 Å². The Hall–Kier alpha value is -2.12. The minimum Gasteiger partial charge on any atom is -0.374 e. The van der Waals surface area contributed by atoms with Crippen LogP contribution in [0, 0.1) is 6.92 Å². The average Bonchev–Trinajstić information content (AvgIpc) is 2.81. The number of benzene rings is 1. The number of hydrogen-bond donors (Lipinski definition) is 3. The first-order chi connectivity index (χ1) is 11.0. The van der Waals surface area contributed by atoms with Crippen molar-refractivity contribution >= 4 is 45.6 Å². The number of aromatic nitrogens is 1. The lowest BCUT2D eigenvalue weighted by atomic mass is 10.1. The number of nitrogens with two attached hydrogens (primary N) is 1. The summed E-state index contributed by atoms with van der Waals surface area (Å²) in [5.41, 5.74) is 7.40. The Kier molecular flexibility index (Phi) is 5.95. The lowest BCUT2D eigenvalue weighted by Crippen LogP contribution is -2.16. The molecule has 0 aliphatic rings. The van der Waals surface area contributed by atoms with E-state index in [1.54, 1.807) is 24.3 Å². The van der Waals surface area contributed by atoms with Gasteiger partial charge in [-0.05, 0) is 36.2 Å². The molecule has 1 heterocycles. The van der Waals surface area contributed by atoms with Crippen LogP contribution in [0.2, 0.25) is 5.02 Å². The van der Waals surface area contributed by atoms with E-state index in [4.69, 9.17) is 17.3 Å². The molecule has 0 atom stereocenters. The highest BCUT2D eigenvalue weighted by atomic mass is 35.5. The molecule has 23 heavy (non-hydrogen) atoms. The highest BCUT2D eigenvalue weighted by Crippen LogP contribution is 2.29. The number of carbonyl (C=O) groups excluding carboxylic acids is 2. The highest BCUT2D eigenvalue weighted by molar-refractivity contribution is 7.11. The van der Waals surface area contributed by atoms with Gasteiger partial charge in [-0.25, -0.2) is 0 Å².